The molecular weight excluding hydrogens is 217 g/mol. The van der Waals surface area contributed by atoms with Gasteiger partial charge in [-0.25, -0.2) is 0 Å². The van der Waals surface area contributed by atoms with Gasteiger partial charge < -0.3 is 5.11 Å². The molecule has 0 bridgehead atoms. The lowest BCUT2D eigenvalue weighted by Crippen LogP contribution is -2.36. The van der Waals surface area contributed by atoms with Crippen LogP contribution in [0.4, 0.5) is 13.2 Å². The summed E-state index contributed by atoms with van der Waals surface area (Å²) in [5.41, 5.74) is -0.911. The molecule has 0 aliphatic heterocycles. The highest BCUT2D eigenvalue weighted by Crippen LogP contribution is 2.36. The van der Waals surface area contributed by atoms with E-state index in [-0.39, 0.29) is 18.8 Å². The Bertz CT molecular complexity index is 205. The molecule has 96 valence electrons. The minimum Gasteiger partial charge on any atom is -0.390 e. The molecule has 0 aromatic carbocycles. The number of alkyl halides is 3. The summed E-state index contributed by atoms with van der Waals surface area (Å²) in [5, 5.41) is 10.2. The van der Waals surface area contributed by atoms with Crippen molar-refractivity contribution in [1.29, 1.82) is 0 Å². The first-order chi connectivity index (χ1) is 7.31. The van der Waals surface area contributed by atoms with Crippen LogP contribution in [0.5, 0.6) is 0 Å². The summed E-state index contributed by atoms with van der Waals surface area (Å²) in [6.45, 7) is 1.69. The maximum absolute atomic E-state index is 12.0. The van der Waals surface area contributed by atoms with Crippen LogP contribution in [0, 0.1) is 5.92 Å². The Morgan fingerprint density at radius 1 is 1.06 bits per heavy atom. The summed E-state index contributed by atoms with van der Waals surface area (Å²) >= 11 is 0. The van der Waals surface area contributed by atoms with Gasteiger partial charge in [0.1, 0.15) is 0 Å². The summed E-state index contributed by atoms with van der Waals surface area (Å²) < 4.78 is 36.0. The van der Waals surface area contributed by atoms with E-state index in [0.717, 1.165) is 25.7 Å². The smallest absolute Gasteiger partial charge is 0.389 e. The molecule has 1 rings (SSSR count). The molecule has 0 heterocycles. The van der Waals surface area contributed by atoms with Gasteiger partial charge in [-0.3, -0.25) is 0 Å². The van der Waals surface area contributed by atoms with Gasteiger partial charge in [0.15, 0.2) is 0 Å². The Kier molecular flexibility index (Phi) is 4.65. The van der Waals surface area contributed by atoms with Crippen LogP contribution in [0.25, 0.3) is 0 Å². The number of hydrogen-bond acceptors (Lipinski definition) is 1. The van der Waals surface area contributed by atoms with E-state index in [1.54, 1.807) is 6.92 Å². The first-order valence-electron chi connectivity index (χ1n) is 6.10. The van der Waals surface area contributed by atoms with Crippen LogP contribution in [0.15, 0.2) is 0 Å². The summed E-state index contributed by atoms with van der Waals surface area (Å²) in [6.07, 6.45) is 0.718. The van der Waals surface area contributed by atoms with Crippen molar-refractivity contribution < 1.29 is 18.3 Å². The molecule has 1 aliphatic rings. The second kappa shape index (κ2) is 5.39. The predicted molar refractivity (Wildman–Crippen MR) is 57.1 cm³/mol. The van der Waals surface area contributed by atoms with Crippen molar-refractivity contribution in [2.24, 2.45) is 5.92 Å². The fourth-order valence-electron chi connectivity index (χ4n) is 2.58. The third kappa shape index (κ3) is 4.73. The molecular formula is C12H21F3O. The summed E-state index contributed by atoms with van der Waals surface area (Å²) in [5.74, 6) is 0.189. The number of hydrogen-bond donors (Lipinski definition) is 1. The predicted octanol–water partition coefficient (Wildman–Crippen LogP) is 4.05. The van der Waals surface area contributed by atoms with E-state index in [2.05, 4.69) is 0 Å². The zero-order valence-corrected chi connectivity index (χ0v) is 9.82. The molecule has 0 spiro atoms. The van der Waals surface area contributed by atoms with Crippen LogP contribution in [0.1, 0.15) is 58.3 Å². The quantitative estimate of drug-likeness (QED) is 0.783. The molecule has 1 atom stereocenters. The first kappa shape index (κ1) is 13.8. The normalized spacial score (nSPS) is 23.1. The topological polar surface area (TPSA) is 20.2 Å². The van der Waals surface area contributed by atoms with Crippen molar-refractivity contribution in [3.05, 3.63) is 0 Å². The zero-order chi connectivity index (χ0) is 12.2. The monoisotopic (exact) mass is 238 g/mol. The molecule has 0 aromatic heterocycles. The molecule has 1 nitrogen and oxygen atoms in total. The molecule has 0 aromatic rings. The molecule has 1 N–H and O–H groups in total. The SMILES string of the molecule is CC(O)(CCCC(F)(F)F)C1CCCCC1. The highest BCUT2D eigenvalue weighted by Gasteiger charge is 2.34. The van der Waals surface area contributed by atoms with E-state index >= 15 is 0 Å². The van der Waals surface area contributed by atoms with Gasteiger partial charge in [0.25, 0.3) is 0 Å². The summed E-state index contributed by atoms with van der Waals surface area (Å²) in [4.78, 5) is 0. The van der Waals surface area contributed by atoms with Crippen molar-refractivity contribution in [2.75, 3.05) is 0 Å². The maximum Gasteiger partial charge on any atom is 0.389 e. The van der Waals surface area contributed by atoms with Crippen LogP contribution in [-0.4, -0.2) is 16.9 Å². The number of aliphatic hydroxyl groups is 1. The average molecular weight is 238 g/mol. The van der Waals surface area contributed by atoms with Crippen molar-refractivity contribution in [1.82, 2.24) is 0 Å². The second-order valence-corrected chi connectivity index (χ2v) is 5.16. The molecule has 0 radical (unpaired) electrons. The van der Waals surface area contributed by atoms with Crippen LogP contribution in [0.3, 0.4) is 0 Å². The van der Waals surface area contributed by atoms with Crippen LogP contribution >= 0.6 is 0 Å². The maximum atomic E-state index is 12.0. The zero-order valence-electron chi connectivity index (χ0n) is 9.82. The van der Waals surface area contributed by atoms with Gasteiger partial charge in [-0.05, 0) is 38.5 Å². The lowest BCUT2D eigenvalue weighted by Gasteiger charge is -2.35. The Labute approximate surface area is 95.0 Å². The van der Waals surface area contributed by atoms with Gasteiger partial charge in [0, 0.05) is 6.42 Å². The highest BCUT2D eigenvalue weighted by molar-refractivity contribution is 4.84. The lowest BCUT2D eigenvalue weighted by atomic mass is 9.75. The van der Waals surface area contributed by atoms with Gasteiger partial charge in [-0.2, -0.15) is 13.2 Å². The molecule has 1 saturated carbocycles. The standard InChI is InChI=1S/C12H21F3O/c1-11(16,8-5-9-12(13,14)15)10-6-3-2-4-7-10/h10,16H,2-9H2,1H3. The molecule has 4 heteroatoms. The van der Waals surface area contributed by atoms with Crippen molar-refractivity contribution in [2.45, 2.75) is 70.1 Å². The highest BCUT2D eigenvalue weighted by atomic mass is 19.4. The average Bonchev–Trinajstić information content (AvgIpc) is 2.17. The molecule has 0 amide bonds. The van der Waals surface area contributed by atoms with Gasteiger partial charge in [0.05, 0.1) is 5.60 Å². The van der Waals surface area contributed by atoms with Crippen LogP contribution in [-0.2, 0) is 0 Å². The molecule has 1 fully saturated rings. The molecule has 16 heavy (non-hydrogen) atoms. The van der Waals surface area contributed by atoms with Crippen molar-refractivity contribution in [3.63, 3.8) is 0 Å². The van der Waals surface area contributed by atoms with Crippen LogP contribution in [0.2, 0.25) is 0 Å². The van der Waals surface area contributed by atoms with E-state index in [9.17, 15) is 18.3 Å². The molecule has 1 unspecified atom stereocenters. The van der Waals surface area contributed by atoms with Crippen LogP contribution < -0.4 is 0 Å². The van der Waals surface area contributed by atoms with E-state index in [4.69, 9.17) is 0 Å². The van der Waals surface area contributed by atoms with Gasteiger partial charge in [0.2, 0.25) is 0 Å². The van der Waals surface area contributed by atoms with Crippen molar-refractivity contribution >= 4 is 0 Å². The second-order valence-electron chi connectivity index (χ2n) is 5.16. The minimum atomic E-state index is -4.09. The van der Waals surface area contributed by atoms with E-state index in [0.29, 0.717) is 0 Å². The van der Waals surface area contributed by atoms with Gasteiger partial charge in [-0.15, -0.1) is 0 Å². The lowest BCUT2D eigenvalue weighted by molar-refractivity contribution is -0.139. The first-order valence-corrected chi connectivity index (χ1v) is 6.10. The number of rotatable bonds is 4. The Hall–Kier alpha value is -0.250. The van der Waals surface area contributed by atoms with Gasteiger partial charge in [-0.1, -0.05) is 19.3 Å². The Morgan fingerprint density at radius 3 is 2.12 bits per heavy atom. The largest absolute Gasteiger partial charge is 0.390 e. The molecule has 0 saturated heterocycles. The summed E-state index contributed by atoms with van der Waals surface area (Å²) in [7, 11) is 0. The minimum absolute atomic E-state index is 0.0347. The summed E-state index contributed by atoms with van der Waals surface area (Å²) in [6, 6.07) is 0. The Balaban J connectivity index is 2.32. The molecule has 1 aliphatic carbocycles. The third-order valence-electron chi connectivity index (χ3n) is 3.63. The van der Waals surface area contributed by atoms with E-state index in [1.807, 2.05) is 0 Å². The van der Waals surface area contributed by atoms with Crippen molar-refractivity contribution in [3.8, 4) is 0 Å². The Morgan fingerprint density at radius 2 is 1.62 bits per heavy atom. The third-order valence-corrected chi connectivity index (χ3v) is 3.63. The van der Waals surface area contributed by atoms with E-state index < -0.39 is 18.2 Å². The number of halogens is 3. The van der Waals surface area contributed by atoms with E-state index in [1.165, 1.54) is 6.42 Å². The fourth-order valence-corrected chi connectivity index (χ4v) is 2.58. The fraction of sp³-hybridized carbons (Fsp3) is 1.00. The van der Waals surface area contributed by atoms with Gasteiger partial charge >= 0.3 is 6.18 Å².